The van der Waals surface area contributed by atoms with Crippen molar-refractivity contribution in [1.29, 1.82) is 0 Å². The molecular formula is C33H56N7O22P3S. The number of nitrogens with zero attached hydrogens (tertiary/aromatic N) is 4. The maximum atomic E-state index is 13.9. The normalized spacial score (nSPS) is 21.7. The molecule has 66 heavy (non-hydrogen) atoms. The van der Waals surface area contributed by atoms with Gasteiger partial charge in [-0.3, -0.25) is 37.3 Å². The van der Waals surface area contributed by atoms with Crippen molar-refractivity contribution in [1.82, 2.24) is 30.2 Å². The Morgan fingerprint density at radius 2 is 1.39 bits per heavy atom. The first-order valence-corrected chi connectivity index (χ1v) is 24.6. The van der Waals surface area contributed by atoms with Gasteiger partial charge in [0.2, 0.25) is 29.2 Å². The molecule has 2 unspecified atom stereocenters. The summed E-state index contributed by atoms with van der Waals surface area (Å²) in [6, 6.07) is 0. The molecule has 0 bridgehead atoms. The Labute approximate surface area is 381 Å². The molecule has 1 aliphatic heterocycles. The van der Waals surface area contributed by atoms with E-state index in [1.165, 1.54) is 41.5 Å². The van der Waals surface area contributed by atoms with E-state index in [0.717, 1.165) is 0 Å². The second-order valence-corrected chi connectivity index (χ2v) is 21.6. The fourth-order valence-corrected chi connectivity index (χ4v) is 8.65. The number of fused-ring (bicyclic) bond motifs is 1. The third-order valence-electron chi connectivity index (χ3n) is 9.90. The standard InChI is InChI=1S/C33H56N7O22P3S/c1-31(2,12-41)22(47)19(45)26-38-25(34)17-27(39-26)40(28(37-17)20(46)23(48)32(3,4)13-42)30-18(44)21(61-63(51,52)53)15(60-30)11-58-64(54,55)62-65(56,57)59-14-33(5,6)24(49)29(50)36-8-7-16(43)35-9-10-66/h15,18,21-24,30,41-42,44,47-49,66H,7-14H2,1-6H3,(H,35,43)(H,36,50)(H,54,55)(H,56,57)(H2,34,38,39)(H2,51,52,53)/t15-,18-,21-,22+,23+,24+,30-/m1/s1. The number of thiol groups is 1. The highest BCUT2D eigenvalue weighted by Gasteiger charge is 2.52. The minimum absolute atomic E-state index is 0.161. The van der Waals surface area contributed by atoms with Crippen LogP contribution in [0.5, 0.6) is 0 Å². The maximum Gasteiger partial charge on any atom is 0.481 e. The Morgan fingerprint density at radius 3 is 1.94 bits per heavy atom. The second-order valence-electron chi connectivity index (χ2n) is 16.9. The molecule has 3 rings (SSSR count). The molecule has 1 saturated heterocycles. The van der Waals surface area contributed by atoms with Gasteiger partial charge in [0.05, 0.1) is 26.4 Å². The van der Waals surface area contributed by atoms with Gasteiger partial charge in [-0.05, 0) is 0 Å². The average molecular weight is 1030 g/mol. The smallest absolute Gasteiger partial charge is 0.396 e. The summed E-state index contributed by atoms with van der Waals surface area (Å²) < 4.78 is 62.8. The molecule has 0 saturated carbocycles. The molecule has 0 spiro atoms. The van der Waals surface area contributed by atoms with Gasteiger partial charge in [0.25, 0.3) is 0 Å². The van der Waals surface area contributed by atoms with Crippen LogP contribution >= 0.6 is 36.1 Å². The Hall–Kier alpha value is -2.93. The first-order chi connectivity index (χ1) is 30.2. The largest absolute Gasteiger partial charge is 0.481 e. The molecule has 2 aromatic rings. The molecule has 33 heteroatoms. The number of hydrogen-bond acceptors (Lipinski definition) is 23. The highest BCUT2D eigenvalue weighted by molar-refractivity contribution is 7.80. The van der Waals surface area contributed by atoms with Crippen LogP contribution in [0.1, 0.15) is 75.4 Å². The number of ketones is 2. The zero-order valence-corrected chi connectivity index (χ0v) is 39.8. The van der Waals surface area contributed by atoms with Crippen molar-refractivity contribution in [2.24, 2.45) is 16.2 Å². The molecule has 0 aliphatic carbocycles. The summed E-state index contributed by atoms with van der Waals surface area (Å²) in [5.41, 5.74) is 0.142. The van der Waals surface area contributed by atoms with Crippen molar-refractivity contribution in [3.8, 4) is 0 Å². The minimum atomic E-state index is -5.83. The van der Waals surface area contributed by atoms with Gasteiger partial charge in [-0.2, -0.15) is 16.9 Å². The quantitative estimate of drug-likeness (QED) is 0.0262. The van der Waals surface area contributed by atoms with Crippen molar-refractivity contribution in [3.63, 3.8) is 0 Å². The number of phosphoric acid groups is 3. The predicted octanol–water partition coefficient (Wildman–Crippen LogP) is -2.54. The van der Waals surface area contributed by atoms with Crippen LogP contribution in [0.3, 0.4) is 0 Å². The number of hydrogen-bond donors (Lipinski definition) is 14. The zero-order valence-electron chi connectivity index (χ0n) is 36.2. The molecular weight excluding hydrogens is 971 g/mol. The Bertz CT molecular complexity index is 2240. The number of carbonyl (C=O) groups excluding carboxylic acids is 4. The third-order valence-corrected chi connectivity index (χ3v) is 13.2. The van der Waals surface area contributed by atoms with E-state index in [4.69, 9.17) is 24.0 Å². The van der Waals surface area contributed by atoms with Gasteiger partial charge >= 0.3 is 23.5 Å². The van der Waals surface area contributed by atoms with Crippen molar-refractivity contribution < 1.29 is 106 Å². The van der Waals surface area contributed by atoms with Gasteiger partial charge in [-0.1, -0.05) is 41.5 Å². The van der Waals surface area contributed by atoms with E-state index in [-0.39, 0.29) is 19.5 Å². The number of aliphatic hydroxyl groups excluding tert-OH is 6. The van der Waals surface area contributed by atoms with Crippen LogP contribution in [-0.2, 0) is 45.9 Å². The van der Waals surface area contributed by atoms with Gasteiger partial charge in [-0.25, -0.2) is 28.6 Å². The van der Waals surface area contributed by atoms with Gasteiger partial charge in [0.15, 0.2) is 29.0 Å². The van der Waals surface area contributed by atoms with E-state index >= 15 is 0 Å². The third kappa shape index (κ3) is 14.5. The molecule has 14 N–H and O–H groups in total. The van der Waals surface area contributed by atoms with Crippen LogP contribution in [0, 0.1) is 16.2 Å². The minimum Gasteiger partial charge on any atom is -0.396 e. The molecule has 0 radical (unpaired) electrons. The number of aliphatic hydroxyl groups is 6. The van der Waals surface area contributed by atoms with Gasteiger partial charge in [0.1, 0.15) is 36.6 Å². The van der Waals surface area contributed by atoms with Crippen LogP contribution in [0.2, 0.25) is 0 Å². The second kappa shape index (κ2) is 22.2. The highest BCUT2D eigenvalue weighted by Crippen LogP contribution is 2.61. The number of phosphoric ester groups is 3. The number of aromatic nitrogens is 4. The number of Topliss-reactive ketones (excluding diaryl/α,β-unsaturated/α-hetero) is 2. The van der Waals surface area contributed by atoms with Crippen LogP contribution in [0.15, 0.2) is 0 Å². The van der Waals surface area contributed by atoms with E-state index in [1.807, 2.05) is 0 Å². The first-order valence-electron chi connectivity index (χ1n) is 19.4. The molecule has 1 aliphatic rings. The number of nitrogens with two attached hydrogens (primary N) is 1. The summed E-state index contributed by atoms with van der Waals surface area (Å²) in [5, 5.41) is 68.3. The summed E-state index contributed by atoms with van der Waals surface area (Å²) in [7, 11) is -17.2. The molecule has 9 atom stereocenters. The number of ether oxygens (including phenoxy) is 1. The lowest BCUT2D eigenvalue weighted by Gasteiger charge is -2.30. The van der Waals surface area contributed by atoms with Gasteiger partial charge in [0, 0.05) is 41.5 Å². The van der Waals surface area contributed by atoms with Gasteiger partial charge < -0.3 is 71.3 Å². The zero-order chi connectivity index (χ0) is 50.5. The Balaban J connectivity index is 1.96. The van der Waals surface area contributed by atoms with Crippen LogP contribution < -0.4 is 16.4 Å². The van der Waals surface area contributed by atoms with Crippen molar-refractivity contribution in [2.75, 3.05) is 51.0 Å². The monoisotopic (exact) mass is 1030 g/mol. The van der Waals surface area contributed by atoms with E-state index in [9.17, 15) is 83.1 Å². The number of anilines is 1. The lowest BCUT2D eigenvalue weighted by atomic mass is 9.85. The summed E-state index contributed by atoms with van der Waals surface area (Å²) in [4.78, 5) is 104. The SMILES string of the molecule is CC(C)(COP(=O)(O)OP(=O)(O)OC[C@H]1O[C@@H](n2c(C(=O)[C@H](O)C(C)(C)CO)nc3c(N)nc(C(=O)[C@H](O)C(C)(C)CO)nc32)[C@H](O)[C@@H]1OP(=O)(O)O)[C@@H](O)C(=O)NCCC(=O)NCCS. The molecule has 2 amide bonds. The number of carbonyl (C=O) groups is 4. The van der Waals surface area contributed by atoms with E-state index < -0.39 is 161 Å². The van der Waals surface area contributed by atoms with E-state index in [0.29, 0.717) is 10.3 Å². The molecule has 1 fully saturated rings. The number of nitrogen functional groups attached to an aromatic ring is 1. The van der Waals surface area contributed by atoms with E-state index in [1.54, 1.807) is 0 Å². The number of amides is 2. The lowest BCUT2D eigenvalue weighted by Crippen LogP contribution is -2.46. The Kier molecular flexibility index (Phi) is 19.3. The molecule has 2 aromatic heterocycles. The van der Waals surface area contributed by atoms with Crippen molar-refractivity contribution in [3.05, 3.63) is 11.6 Å². The molecule has 3 heterocycles. The van der Waals surface area contributed by atoms with Crippen LogP contribution in [0.4, 0.5) is 5.82 Å². The number of rotatable bonds is 26. The maximum absolute atomic E-state index is 13.9. The number of nitrogens with one attached hydrogen (secondary N) is 2. The summed E-state index contributed by atoms with van der Waals surface area (Å²) >= 11 is 3.95. The molecule has 376 valence electrons. The fourth-order valence-electron chi connectivity index (χ4n) is 5.71. The van der Waals surface area contributed by atoms with E-state index in [2.05, 4.69) is 42.5 Å². The summed E-state index contributed by atoms with van der Waals surface area (Å²) in [5.74, 6) is -6.01. The molecule has 0 aromatic carbocycles. The fraction of sp³-hybridized carbons (Fsp3) is 0.727. The van der Waals surface area contributed by atoms with Crippen LogP contribution in [-0.4, -0.2) is 175 Å². The summed E-state index contributed by atoms with van der Waals surface area (Å²) in [6.45, 7) is 3.74. The Morgan fingerprint density at radius 1 is 0.833 bits per heavy atom. The van der Waals surface area contributed by atoms with Gasteiger partial charge in [-0.15, -0.1) is 0 Å². The van der Waals surface area contributed by atoms with Crippen molar-refractivity contribution in [2.45, 2.75) is 90.8 Å². The topological polar surface area (TPSA) is 462 Å². The lowest BCUT2D eigenvalue weighted by molar-refractivity contribution is -0.137. The number of imidazole rings is 1. The average Bonchev–Trinajstić information content (AvgIpc) is 3.75. The molecule has 29 nitrogen and oxygen atoms in total. The first kappa shape index (κ1) is 57.4. The predicted molar refractivity (Wildman–Crippen MR) is 226 cm³/mol. The van der Waals surface area contributed by atoms with Crippen molar-refractivity contribution >= 4 is 76.5 Å². The van der Waals surface area contributed by atoms with Crippen LogP contribution in [0.25, 0.3) is 11.2 Å². The highest BCUT2D eigenvalue weighted by atomic mass is 32.1. The summed E-state index contributed by atoms with van der Waals surface area (Å²) in [6.07, 6.45) is -15.2.